The largest absolute Gasteiger partial charge is 0.457 e. The first-order valence-electron chi connectivity index (χ1n) is 11.8. The van der Waals surface area contributed by atoms with Crippen LogP contribution in [0.15, 0.2) is 90.1 Å². The van der Waals surface area contributed by atoms with Crippen molar-refractivity contribution in [3.8, 4) is 11.5 Å². The maximum Gasteiger partial charge on any atom is 0.232 e. The first-order chi connectivity index (χ1) is 16.3. The van der Waals surface area contributed by atoms with Gasteiger partial charge in [0, 0.05) is 35.7 Å². The van der Waals surface area contributed by atoms with E-state index in [-0.39, 0.29) is 29.4 Å². The molecule has 0 N–H and O–H groups in total. The number of hydrogen-bond donors (Lipinski definition) is 0. The van der Waals surface area contributed by atoms with Gasteiger partial charge in [-0.15, -0.1) is 0 Å². The van der Waals surface area contributed by atoms with Crippen molar-refractivity contribution in [3.63, 3.8) is 0 Å². The lowest BCUT2D eigenvalue weighted by Crippen LogP contribution is -2.43. The molecule has 4 heteroatoms. The Morgan fingerprint density at radius 3 is 2.18 bits per heavy atom. The van der Waals surface area contributed by atoms with Crippen LogP contribution >= 0.6 is 0 Å². The zero-order valence-corrected chi connectivity index (χ0v) is 19.9. The van der Waals surface area contributed by atoms with Gasteiger partial charge >= 0.3 is 0 Å². The van der Waals surface area contributed by atoms with E-state index < -0.39 is 0 Å². The second kappa shape index (κ2) is 8.60. The second-order valence-corrected chi connectivity index (χ2v) is 10.1. The highest BCUT2D eigenvalue weighted by Gasteiger charge is 2.44. The molecule has 0 bridgehead atoms. The summed E-state index contributed by atoms with van der Waals surface area (Å²) in [5.74, 6) is 1.45. The zero-order valence-electron chi connectivity index (χ0n) is 19.9. The first kappa shape index (κ1) is 22.1. The molecule has 0 radical (unpaired) electrons. The smallest absolute Gasteiger partial charge is 0.232 e. The number of amides is 1. The number of carbonyl (C=O) groups excluding carboxylic acids is 2. The van der Waals surface area contributed by atoms with Gasteiger partial charge in [-0.3, -0.25) is 14.5 Å². The molecule has 34 heavy (non-hydrogen) atoms. The van der Waals surface area contributed by atoms with Gasteiger partial charge in [0.05, 0.1) is 0 Å². The molecule has 5 rings (SSSR count). The van der Waals surface area contributed by atoms with Crippen molar-refractivity contribution < 1.29 is 14.3 Å². The Labute approximate surface area is 200 Å². The predicted octanol–water partition coefficient (Wildman–Crippen LogP) is 6.95. The maximum atomic E-state index is 13.6. The number of rotatable bonds is 4. The molecule has 0 fully saturated rings. The molecule has 1 aliphatic carbocycles. The fourth-order valence-electron chi connectivity index (χ4n) is 5.25. The Morgan fingerprint density at radius 1 is 0.824 bits per heavy atom. The number of ketones is 1. The number of nitrogens with zero attached hydrogens (tertiary/aromatic N) is 1. The van der Waals surface area contributed by atoms with Crippen molar-refractivity contribution >= 4 is 17.4 Å². The number of anilines is 1. The number of ether oxygens (including phenoxy) is 1. The van der Waals surface area contributed by atoms with Crippen LogP contribution in [-0.2, 0) is 9.59 Å². The van der Waals surface area contributed by atoms with Crippen LogP contribution in [0.4, 0.5) is 5.69 Å². The van der Waals surface area contributed by atoms with Crippen molar-refractivity contribution in [1.82, 2.24) is 0 Å². The summed E-state index contributed by atoms with van der Waals surface area (Å²) in [5.41, 5.74) is 4.41. The number of allylic oxidation sites excluding steroid dienone is 2. The minimum Gasteiger partial charge on any atom is -0.457 e. The molecular weight excluding hydrogens is 422 g/mol. The van der Waals surface area contributed by atoms with Crippen molar-refractivity contribution in [1.29, 1.82) is 0 Å². The van der Waals surface area contributed by atoms with Crippen molar-refractivity contribution in [2.75, 3.05) is 4.90 Å². The number of aryl methyl sites for hydroxylation is 1. The molecule has 3 aromatic carbocycles. The van der Waals surface area contributed by atoms with E-state index in [1.165, 1.54) is 0 Å². The third-order valence-electron chi connectivity index (χ3n) is 6.78. The molecule has 0 saturated heterocycles. The summed E-state index contributed by atoms with van der Waals surface area (Å²) in [6, 6.07) is 25.2. The van der Waals surface area contributed by atoms with Crippen LogP contribution in [0.3, 0.4) is 0 Å². The van der Waals surface area contributed by atoms with E-state index in [0.29, 0.717) is 18.6 Å². The Bertz CT molecular complexity index is 1270. The number of carbonyl (C=O) groups is 2. The zero-order chi connectivity index (χ0) is 23.9. The highest BCUT2D eigenvalue weighted by Crippen LogP contribution is 2.48. The molecule has 0 spiro atoms. The summed E-state index contributed by atoms with van der Waals surface area (Å²) >= 11 is 0. The molecule has 0 saturated carbocycles. The number of hydrogen-bond acceptors (Lipinski definition) is 3. The van der Waals surface area contributed by atoms with Crippen LogP contribution in [-0.4, -0.2) is 11.7 Å². The minimum absolute atomic E-state index is 0.0224. The molecule has 1 aliphatic heterocycles. The lowest BCUT2D eigenvalue weighted by atomic mass is 9.69. The van der Waals surface area contributed by atoms with E-state index in [1.54, 1.807) is 4.90 Å². The summed E-state index contributed by atoms with van der Waals surface area (Å²) in [7, 11) is 0. The van der Waals surface area contributed by atoms with Crippen LogP contribution in [0.25, 0.3) is 0 Å². The molecule has 3 aromatic rings. The van der Waals surface area contributed by atoms with E-state index >= 15 is 0 Å². The molecule has 0 aromatic heterocycles. The fourth-order valence-corrected chi connectivity index (χ4v) is 5.25. The van der Waals surface area contributed by atoms with Gasteiger partial charge < -0.3 is 4.74 Å². The molecule has 1 unspecified atom stereocenters. The first-order valence-corrected chi connectivity index (χ1v) is 11.8. The topological polar surface area (TPSA) is 46.6 Å². The van der Waals surface area contributed by atoms with Gasteiger partial charge in [0.1, 0.15) is 11.5 Å². The minimum atomic E-state index is -0.196. The van der Waals surface area contributed by atoms with E-state index in [0.717, 1.165) is 33.8 Å². The summed E-state index contributed by atoms with van der Waals surface area (Å²) < 4.78 is 5.92. The molecule has 4 nitrogen and oxygen atoms in total. The van der Waals surface area contributed by atoms with Crippen LogP contribution in [0.5, 0.6) is 11.5 Å². The van der Waals surface area contributed by atoms with Gasteiger partial charge in [-0.2, -0.15) is 0 Å². The van der Waals surface area contributed by atoms with Gasteiger partial charge in [-0.05, 0) is 66.3 Å². The SMILES string of the molecule is Cc1ccccc1C1CC(=O)N(c2ccc(Oc3ccccc3)cc2)C2=C1C(=O)CC(C)(C)C2. The molecule has 1 atom stereocenters. The molecule has 2 aliphatic rings. The van der Waals surface area contributed by atoms with Crippen molar-refractivity contribution in [2.45, 2.75) is 46.0 Å². The van der Waals surface area contributed by atoms with Crippen molar-refractivity contribution in [2.24, 2.45) is 5.41 Å². The van der Waals surface area contributed by atoms with Gasteiger partial charge in [0.25, 0.3) is 0 Å². The molecular formula is C30H29NO3. The van der Waals surface area contributed by atoms with Gasteiger partial charge in [-0.25, -0.2) is 0 Å². The summed E-state index contributed by atoms with van der Waals surface area (Å²) in [6.45, 7) is 6.26. The highest BCUT2D eigenvalue weighted by atomic mass is 16.5. The number of Topliss-reactive ketones (excluding diaryl/α,β-unsaturated/α-hetero) is 1. The predicted molar refractivity (Wildman–Crippen MR) is 134 cm³/mol. The third kappa shape index (κ3) is 4.16. The Kier molecular flexibility index (Phi) is 5.60. The van der Waals surface area contributed by atoms with E-state index in [4.69, 9.17) is 4.74 Å². The maximum absolute atomic E-state index is 13.6. The second-order valence-electron chi connectivity index (χ2n) is 10.1. The van der Waals surface area contributed by atoms with Crippen LogP contribution in [0, 0.1) is 12.3 Å². The molecule has 1 amide bonds. The standard InChI is InChI=1S/C30H29NO3/c1-20-9-7-8-12-24(20)25-17-28(33)31(26-18-30(2,3)19-27(32)29(25)26)21-13-15-23(16-14-21)34-22-10-5-4-6-11-22/h4-16,25H,17-19H2,1-3H3. The Hall–Kier alpha value is -3.66. The van der Waals surface area contributed by atoms with Crippen LogP contribution in [0.1, 0.15) is 50.2 Å². The van der Waals surface area contributed by atoms with Gasteiger partial charge in [-0.1, -0.05) is 56.3 Å². The lowest BCUT2D eigenvalue weighted by molar-refractivity contribution is -0.121. The summed E-state index contributed by atoms with van der Waals surface area (Å²) in [6.07, 6.45) is 1.47. The Balaban J connectivity index is 1.55. The quantitative estimate of drug-likeness (QED) is 0.431. The number of para-hydroxylation sites is 1. The summed E-state index contributed by atoms with van der Waals surface area (Å²) in [4.78, 5) is 28.8. The summed E-state index contributed by atoms with van der Waals surface area (Å²) in [5, 5.41) is 0. The molecule has 172 valence electrons. The van der Waals surface area contributed by atoms with E-state index in [1.807, 2.05) is 66.7 Å². The highest BCUT2D eigenvalue weighted by molar-refractivity contribution is 6.07. The van der Waals surface area contributed by atoms with Gasteiger partial charge in [0.15, 0.2) is 5.78 Å². The molecule has 1 heterocycles. The third-order valence-corrected chi connectivity index (χ3v) is 6.78. The lowest BCUT2D eigenvalue weighted by Gasteiger charge is -2.43. The average Bonchev–Trinajstić information content (AvgIpc) is 2.79. The van der Waals surface area contributed by atoms with Crippen molar-refractivity contribution in [3.05, 3.63) is 101 Å². The van der Waals surface area contributed by atoms with Crippen LogP contribution < -0.4 is 9.64 Å². The van der Waals surface area contributed by atoms with E-state index in [9.17, 15) is 9.59 Å². The average molecular weight is 452 g/mol. The van der Waals surface area contributed by atoms with Crippen LogP contribution in [0.2, 0.25) is 0 Å². The number of benzene rings is 3. The normalized spacial score (nSPS) is 19.7. The monoisotopic (exact) mass is 451 g/mol. The van der Waals surface area contributed by atoms with Gasteiger partial charge in [0.2, 0.25) is 5.91 Å². The van der Waals surface area contributed by atoms with E-state index in [2.05, 4.69) is 32.9 Å². The Morgan fingerprint density at radius 2 is 1.47 bits per heavy atom. The fraction of sp³-hybridized carbons (Fsp3) is 0.267.